The number of hydrogen-bond acceptors (Lipinski definition) is 7. The van der Waals surface area contributed by atoms with Gasteiger partial charge in [-0.25, -0.2) is 15.0 Å². The summed E-state index contributed by atoms with van der Waals surface area (Å²) >= 11 is 1.40. The number of para-hydroxylation sites is 1. The Morgan fingerprint density at radius 3 is 2.34 bits per heavy atom. The SMILES string of the molecule is COc1ccc(C2=NN(C(=O)CSc3ncnc4ccccc34)[C@@H](c3ccc(OC)cc3)C2)cc1. The zero-order valence-corrected chi connectivity index (χ0v) is 20.2. The Labute approximate surface area is 207 Å². The lowest BCUT2D eigenvalue weighted by Gasteiger charge is -2.22. The van der Waals surface area contributed by atoms with Crippen molar-refractivity contribution in [2.75, 3.05) is 20.0 Å². The second kappa shape index (κ2) is 10.1. The normalized spacial score (nSPS) is 15.2. The minimum Gasteiger partial charge on any atom is -0.497 e. The van der Waals surface area contributed by atoms with E-state index in [0.29, 0.717) is 6.42 Å². The van der Waals surface area contributed by atoms with Gasteiger partial charge in [0.15, 0.2) is 0 Å². The fraction of sp³-hybridized carbons (Fsp3) is 0.185. The van der Waals surface area contributed by atoms with Crippen molar-refractivity contribution in [3.05, 3.63) is 90.3 Å². The van der Waals surface area contributed by atoms with E-state index in [4.69, 9.17) is 14.6 Å². The van der Waals surface area contributed by atoms with Crippen molar-refractivity contribution in [3.8, 4) is 11.5 Å². The van der Waals surface area contributed by atoms with Crippen LogP contribution in [-0.4, -0.2) is 46.6 Å². The highest BCUT2D eigenvalue weighted by Crippen LogP contribution is 2.35. The van der Waals surface area contributed by atoms with Crippen molar-refractivity contribution in [1.82, 2.24) is 15.0 Å². The summed E-state index contributed by atoms with van der Waals surface area (Å²) in [7, 11) is 3.28. The van der Waals surface area contributed by atoms with E-state index in [0.717, 1.165) is 44.3 Å². The standard InChI is InChI=1S/C27H24N4O3S/c1-33-20-11-7-18(8-12-20)24-15-25(19-9-13-21(34-2)14-10-19)31(30-24)26(32)16-35-27-22-5-3-4-6-23(22)28-17-29-27/h3-14,17,25H,15-16H2,1-2H3/t25-/m1/s1. The molecule has 3 aromatic carbocycles. The number of hydrazone groups is 1. The molecule has 1 amide bonds. The highest BCUT2D eigenvalue weighted by Gasteiger charge is 2.33. The van der Waals surface area contributed by atoms with Crippen LogP contribution < -0.4 is 9.47 Å². The first kappa shape index (κ1) is 22.9. The van der Waals surface area contributed by atoms with Gasteiger partial charge >= 0.3 is 0 Å². The number of carbonyl (C=O) groups excluding carboxylic acids is 1. The molecule has 1 aliphatic rings. The molecule has 0 bridgehead atoms. The van der Waals surface area contributed by atoms with Gasteiger partial charge in [0.1, 0.15) is 22.9 Å². The first-order valence-electron chi connectivity index (χ1n) is 11.2. The third-order valence-corrected chi connectivity index (χ3v) is 6.92. The molecule has 2 heterocycles. The van der Waals surface area contributed by atoms with Crippen LogP contribution in [0, 0.1) is 0 Å². The molecule has 1 aliphatic heterocycles. The van der Waals surface area contributed by atoms with Crippen LogP contribution in [0.1, 0.15) is 23.6 Å². The summed E-state index contributed by atoms with van der Waals surface area (Å²) in [5.74, 6) is 1.68. The summed E-state index contributed by atoms with van der Waals surface area (Å²) in [5, 5.41) is 8.09. The number of benzene rings is 3. The molecule has 35 heavy (non-hydrogen) atoms. The molecule has 0 aliphatic carbocycles. The van der Waals surface area contributed by atoms with Crippen LogP contribution >= 0.6 is 11.8 Å². The Balaban J connectivity index is 1.41. The Morgan fingerprint density at radius 2 is 1.63 bits per heavy atom. The summed E-state index contributed by atoms with van der Waals surface area (Å²) in [4.78, 5) is 22.2. The zero-order chi connectivity index (χ0) is 24.2. The Bertz CT molecular complexity index is 1370. The number of fused-ring (bicyclic) bond motifs is 1. The van der Waals surface area contributed by atoms with Crippen LogP contribution in [0.15, 0.2) is 89.3 Å². The lowest BCUT2D eigenvalue weighted by atomic mass is 9.98. The molecule has 1 atom stereocenters. The fourth-order valence-corrected chi connectivity index (χ4v) is 4.92. The molecule has 8 heteroatoms. The van der Waals surface area contributed by atoms with Gasteiger partial charge in [-0.3, -0.25) is 4.79 Å². The van der Waals surface area contributed by atoms with Gasteiger partial charge in [-0.2, -0.15) is 5.10 Å². The van der Waals surface area contributed by atoms with Crippen molar-refractivity contribution in [2.24, 2.45) is 5.10 Å². The molecule has 0 radical (unpaired) electrons. The molecule has 7 nitrogen and oxygen atoms in total. The second-order valence-corrected chi connectivity index (χ2v) is 8.96. The lowest BCUT2D eigenvalue weighted by molar-refractivity contribution is -0.130. The van der Waals surface area contributed by atoms with Crippen molar-refractivity contribution in [1.29, 1.82) is 0 Å². The first-order chi connectivity index (χ1) is 17.2. The quantitative estimate of drug-likeness (QED) is 0.268. The average Bonchev–Trinajstić information content (AvgIpc) is 3.37. The van der Waals surface area contributed by atoms with E-state index in [1.807, 2.05) is 72.8 Å². The Kier molecular flexibility index (Phi) is 6.63. The molecule has 5 rings (SSSR count). The van der Waals surface area contributed by atoms with E-state index in [-0.39, 0.29) is 17.7 Å². The van der Waals surface area contributed by atoms with Gasteiger partial charge in [0, 0.05) is 11.8 Å². The van der Waals surface area contributed by atoms with Crippen LogP contribution in [0.3, 0.4) is 0 Å². The summed E-state index contributed by atoms with van der Waals surface area (Å²) < 4.78 is 10.6. The average molecular weight is 485 g/mol. The van der Waals surface area contributed by atoms with Gasteiger partial charge in [0.2, 0.25) is 0 Å². The molecule has 0 spiro atoms. The fourth-order valence-electron chi connectivity index (χ4n) is 4.08. The number of aromatic nitrogens is 2. The van der Waals surface area contributed by atoms with Crippen molar-refractivity contribution in [2.45, 2.75) is 17.5 Å². The Morgan fingerprint density at radius 1 is 0.943 bits per heavy atom. The molecule has 0 unspecified atom stereocenters. The molecular weight excluding hydrogens is 460 g/mol. The van der Waals surface area contributed by atoms with Gasteiger partial charge in [0.05, 0.1) is 37.2 Å². The molecule has 0 saturated carbocycles. The second-order valence-electron chi connectivity index (χ2n) is 7.99. The van der Waals surface area contributed by atoms with E-state index in [1.54, 1.807) is 19.2 Å². The smallest absolute Gasteiger partial charge is 0.253 e. The van der Waals surface area contributed by atoms with Crippen LogP contribution in [0.4, 0.5) is 0 Å². The predicted molar refractivity (Wildman–Crippen MR) is 137 cm³/mol. The van der Waals surface area contributed by atoms with Crippen molar-refractivity contribution < 1.29 is 14.3 Å². The number of methoxy groups -OCH3 is 2. The maximum absolute atomic E-state index is 13.4. The van der Waals surface area contributed by atoms with Gasteiger partial charge in [0.25, 0.3) is 5.91 Å². The van der Waals surface area contributed by atoms with Gasteiger partial charge in [-0.1, -0.05) is 42.1 Å². The van der Waals surface area contributed by atoms with Crippen LogP contribution in [0.2, 0.25) is 0 Å². The van der Waals surface area contributed by atoms with E-state index in [1.165, 1.54) is 18.1 Å². The largest absolute Gasteiger partial charge is 0.497 e. The predicted octanol–water partition coefficient (Wildman–Crippen LogP) is 5.12. The van der Waals surface area contributed by atoms with Crippen LogP contribution in [0.25, 0.3) is 10.9 Å². The van der Waals surface area contributed by atoms with Crippen LogP contribution in [0.5, 0.6) is 11.5 Å². The molecule has 176 valence electrons. The molecular formula is C27H24N4O3S. The summed E-state index contributed by atoms with van der Waals surface area (Å²) in [5.41, 5.74) is 3.69. The third kappa shape index (κ3) is 4.83. The van der Waals surface area contributed by atoms with Crippen molar-refractivity contribution >= 4 is 34.3 Å². The maximum Gasteiger partial charge on any atom is 0.253 e. The first-order valence-corrected chi connectivity index (χ1v) is 12.2. The maximum atomic E-state index is 13.4. The topological polar surface area (TPSA) is 76.9 Å². The number of carbonyl (C=O) groups is 1. The number of rotatable bonds is 7. The monoisotopic (exact) mass is 484 g/mol. The molecule has 0 saturated heterocycles. The van der Waals surface area contributed by atoms with E-state index in [9.17, 15) is 4.79 Å². The number of hydrogen-bond donors (Lipinski definition) is 0. The number of thioether (sulfide) groups is 1. The zero-order valence-electron chi connectivity index (χ0n) is 19.4. The van der Waals surface area contributed by atoms with Gasteiger partial charge < -0.3 is 9.47 Å². The van der Waals surface area contributed by atoms with Gasteiger partial charge in [-0.05, 0) is 53.6 Å². The third-order valence-electron chi connectivity index (χ3n) is 5.93. The highest BCUT2D eigenvalue weighted by molar-refractivity contribution is 8.00. The summed E-state index contributed by atoms with van der Waals surface area (Å²) in [6.45, 7) is 0. The number of ether oxygens (including phenoxy) is 2. The molecule has 0 fully saturated rings. The molecule has 0 N–H and O–H groups in total. The summed E-state index contributed by atoms with van der Waals surface area (Å²) in [6.07, 6.45) is 2.15. The van der Waals surface area contributed by atoms with Gasteiger partial charge in [-0.15, -0.1) is 0 Å². The van der Waals surface area contributed by atoms with Crippen LogP contribution in [-0.2, 0) is 4.79 Å². The number of amides is 1. The van der Waals surface area contributed by atoms with E-state index < -0.39 is 0 Å². The van der Waals surface area contributed by atoms with Crippen molar-refractivity contribution in [3.63, 3.8) is 0 Å². The Hall–Kier alpha value is -3.91. The highest BCUT2D eigenvalue weighted by atomic mass is 32.2. The lowest BCUT2D eigenvalue weighted by Crippen LogP contribution is -2.28. The minimum atomic E-state index is -0.201. The summed E-state index contributed by atoms with van der Waals surface area (Å²) in [6, 6.07) is 23.1. The molecule has 4 aromatic rings. The number of nitrogens with zero attached hydrogens (tertiary/aromatic N) is 4. The molecule has 1 aromatic heterocycles. The van der Waals surface area contributed by atoms with E-state index in [2.05, 4.69) is 9.97 Å². The van der Waals surface area contributed by atoms with E-state index >= 15 is 0 Å². The minimum absolute atomic E-state index is 0.0815.